The third kappa shape index (κ3) is 6.02. The molecule has 1 aliphatic rings. The molecule has 1 heterocycles. The number of aliphatic hydroxyl groups is 1. The number of aliphatic hydroxyl groups excluding tert-OH is 1. The first-order valence-corrected chi connectivity index (χ1v) is 5.59. The predicted molar refractivity (Wildman–Crippen MR) is 58.1 cm³/mol. The Bertz CT molecular complexity index is 195. The van der Waals surface area contributed by atoms with Gasteiger partial charge >= 0.3 is 0 Å². The Kier molecular flexibility index (Phi) is 7.07. The normalized spacial score (nSPS) is 20.7. The fraction of sp³-hybridized carbons (Fsp3) is 0.900. The summed E-state index contributed by atoms with van der Waals surface area (Å²) in [6.45, 7) is 3.34. The van der Waals surface area contributed by atoms with Gasteiger partial charge in [-0.2, -0.15) is 0 Å². The van der Waals surface area contributed by atoms with Crippen LogP contribution in [0.15, 0.2) is 0 Å². The monoisotopic (exact) mass is 232 g/mol. The molecule has 0 saturated carbocycles. The van der Waals surface area contributed by atoms with Gasteiger partial charge in [0, 0.05) is 25.6 Å². The van der Waals surface area contributed by atoms with Gasteiger partial charge in [0.25, 0.3) is 0 Å². The minimum absolute atomic E-state index is 0.00408. The van der Waals surface area contributed by atoms with Crippen molar-refractivity contribution in [2.75, 3.05) is 46.1 Å². The molecule has 1 rings (SSSR count). The SMILES string of the molecule is O=C(CC1COCCN1)NCCOCCO. The van der Waals surface area contributed by atoms with Gasteiger partial charge in [0.05, 0.1) is 33.0 Å². The van der Waals surface area contributed by atoms with Crippen LogP contribution in [0.1, 0.15) is 6.42 Å². The van der Waals surface area contributed by atoms with Crippen LogP contribution in [-0.4, -0.2) is 63.2 Å². The van der Waals surface area contributed by atoms with Crippen LogP contribution in [0.4, 0.5) is 0 Å². The van der Waals surface area contributed by atoms with Gasteiger partial charge in [-0.3, -0.25) is 4.79 Å². The lowest BCUT2D eigenvalue weighted by molar-refractivity contribution is -0.122. The molecule has 1 fully saturated rings. The maximum Gasteiger partial charge on any atom is 0.221 e. The van der Waals surface area contributed by atoms with Crippen molar-refractivity contribution >= 4 is 5.91 Å². The van der Waals surface area contributed by atoms with E-state index in [1.165, 1.54) is 0 Å². The maximum atomic E-state index is 11.4. The highest BCUT2D eigenvalue weighted by Crippen LogP contribution is 1.97. The third-order valence-corrected chi connectivity index (χ3v) is 2.23. The molecule has 6 heteroatoms. The molecule has 0 aromatic heterocycles. The Hall–Kier alpha value is -0.690. The summed E-state index contributed by atoms with van der Waals surface area (Å²) in [4.78, 5) is 11.4. The van der Waals surface area contributed by atoms with Gasteiger partial charge in [0.1, 0.15) is 0 Å². The second-order valence-electron chi connectivity index (χ2n) is 3.62. The standard InChI is InChI=1S/C10H20N2O4/c13-3-6-15-4-2-12-10(14)7-9-8-16-5-1-11-9/h9,11,13H,1-8H2,(H,12,14). The molecule has 0 radical (unpaired) electrons. The number of carbonyl (C=O) groups excluding carboxylic acids is 1. The van der Waals surface area contributed by atoms with Gasteiger partial charge in [-0.05, 0) is 0 Å². The van der Waals surface area contributed by atoms with Crippen LogP contribution in [0.5, 0.6) is 0 Å². The van der Waals surface area contributed by atoms with Crippen molar-refractivity contribution in [3.8, 4) is 0 Å². The molecule has 0 aliphatic carbocycles. The number of ether oxygens (including phenoxy) is 2. The van der Waals surface area contributed by atoms with Crippen LogP contribution in [0, 0.1) is 0 Å². The summed E-state index contributed by atoms with van der Waals surface area (Å²) in [6, 6.07) is 0.118. The van der Waals surface area contributed by atoms with Crippen molar-refractivity contribution in [2.24, 2.45) is 0 Å². The lowest BCUT2D eigenvalue weighted by Crippen LogP contribution is -2.44. The van der Waals surface area contributed by atoms with E-state index in [-0.39, 0.29) is 18.6 Å². The summed E-state index contributed by atoms with van der Waals surface area (Å²) in [7, 11) is 0. The zero-order chi connectivity index (χ0) is 11.6. The Morgan fingerprint density at radius 3 is 3.12 bits per heavy atom. The molecule has 6 nitrogen and oxygen atoms in total. The van der Waals surface area contributed by atoms with E-state index in [2.05, 4.69) is 10.6 Å². The number of amides is 1. The van der Waals surface area contributed by atoms with Crippen molar-refractivity contribution in [1.82, 2.24) is 10.6 Å². The molecule has 1 amide bonds. The Morgan fingerprint density at radius 1 is 1.56 bits per heavy atom. The molecule has 94 valence electrons. The average Bonchev–Trinajstić information content (AvgIpc) is 2.30. The van der Waals surface area contributed by atoms with E-state index >= 15 is 0 Å². The number of carbonyl (C=O) groups is 1. The van der Waals surface area contributed by atoms with Crippen molar-refractivity contribution < 1.29 is 19.4 Å². The van der Waals surface area contributed by atoms with Crippen LogP contribution in [0.2, 0.25) is 0 Å². The van der Waals surface area contributed by atoms with E-state index in [1.807, 2.05) is 0 Å². The average molecular weight is 232 g/mol. The molecule has 16 heavy (non-hydrogen) atoms. The largest absolute Gasteiger partial charge is 0.394 e. The molecule has 3 N–H and O–H groups in total. The van der Waals surface area contributed by atoms with Gasteiger partial charge in [-0.1, -0.05) is 0 Å². The highest BCUT2D eigenvalue weighted by molar-refractivity contribution is 5.76. The summed E-state index contributed by atoms with van der Waals surface area (Å²) < 4.78 is 10.3. The zero-order valence-corrected chi connectivity index (χ0v) is 9.41. The minimum Gasteiger partial charge on any atom is -0.394 e. The van der Waals surface area contributed by atoms with Crippen molar-refractivity contribution in [3.63, 3.8) is 0 Å². The summed E-state index contributed by atoms with van der Waals surface area (Å²) >= 11 is 0. The molecule has 1 unspecified atom stereocenters. The lowest BCUT2D eigenvalue weighted by Gasteiger charge is -2.23. The summed E-state index contributed by atoms with van der Waals surface area (Å²) in [5, 5.41) is 14.4. The summed E-state index contributed by atoms with van der Waals surface area (Å²) in [5.74, 6) is -0.00408. The van der Waals surface area contributed by atoms with Gasteiger partial charge in [0.2, 0.25) is 5.91 Å². The Labute approximate surface area is 95.3 Å². The molecule has 1 aliphatic heterocycles. The van der Waals surface area contributed by atoms with Gasteiger partial charge < -0.3 is 25.2 Å². The molecule has 0 spiro atoms. The second-order valence-corrected chi connectivity index (χ2v) is 3.62. The van der Waals surface area contributed by atoms with E-state index in [0.29, 0.717) is 39.4 Å². The van der Waals surface area contributed by atoms with Crippen molar-refractivity contribution in [2.45, 2.75) is 12.5 Å². The minimum atomic E-state index is -0.00408. The van der Waals surface area contributed by atoms with Gasteiger partial charge in [0.15, 0.2) is 0 Å². The van der Waals surface area contributed by atoms with E-state index in [4.69, 9.17) is 14.6 Å². The summed E-state index contributed by atoms with van der Waals surface area (Å²) in [5.41, 5.74) is 0. The molecule has 0 bridgehead atoms. The number of rotatable bonds is 7. The second kappa shape index (κ2) is 8.46. The fourth-order valence-electron chi connectivity index (χ4n) is 1.48. The smallest absolute Gasteiger partial charge is 0.221 e. The van der Waals surface area contributed by atoms with Crippen LogP contribution >= 0.6 is 0 Å². The first-order chi connectivity index (χ1) is 7.83. The number of hydrogen-bond acceptors (Lipinski definition) is 5. The lowest BCUT2D eigenvalue weighted by atomic mass is 10.2. The third-order valence-electron chi connectivity index (χ3n) is 2.23. The van der Waals surface area contributed by atoms with Gasteiger partial charge in [-0.25, -0.2) is 0 Å². The maximum absolute atomic E-state index is 11.4. The van der Waals surface area contributed by atoms with Crippen molar-refractivity contribution in [1.29, 1.82) is 0 Å². The molecular weight excluding hydrogens is 212 g/mol. The van der Waals surface area contributed by atoms with Crippen LogP contribution in [-0.2, 0) is 14.3 Å². The van der Waals surface area contributed by atoms with E-state index < -0.39 is 0 Å². The van der Waals surface area contributed by atoms with E-state index in [9.17, 15) is 4.79 Å². The number of hydrogen-bond donors (Lipinski definition) is 3. The highest BCUT2D eigenvalue weighted by Gasteiger charge is 2.16. The molecule has 1 saturated heterocycles. The Morgan fingerprint density at radius 2 is 2.44 bits per heavy atom. The number of morpholine rings is 1. The molecule has 0 aromatic rings. The number of nitrogens with one attached hydrogen (secondary N) is 2. The predicted octanol–water partition coefficient (Wildman–Crippen LogP) is -1.51. The van der Waals surface area contributed by atoms with Crippen LogP contribution < -0.4 is 10.6 Å². The highest BCUT2D eigenvalue weighted by atomic mass is 16.5. The van der Waals surface area contributed by atoms with E-state index in [1.54, 1.807) is 0 Å². The first kappa shape index (κ1) is 13.4. The first-order valence-electron chi connectivity index (χ1n) is 5.59. The fourth-order valence-corrected chi connectivity index (χ4v) is 1.48. The quantitative estimate of drug-likeness (QED) is 0.465. The zero-order valence-electron chi connectivity index (χ0n) is 9.41. The van der Waals surface area contributed by atoms with Crippen LogP contribution in [0.25, 0.3) is 0 Å². The van der Waals surface area contributed by atoms with Gasteiger partial charge in [-0.15, -0.1) is 0 Å². The van der Waals surface area contributed by atoms with E-state index in [0.717, 1.165) is 6.54 Å². The van der Waals surface area contributed by atoms with Crippen LogP contribution in [0.3, 0.4) is 0 Å². The Balaban J connectivity index is 1.97. The summed E-state index contributed by atoms with van der Waals surface area (Å²) in [6.07, 6.45) is 0.431. The molecule has 0 aromatic carbocycles. The topological polar surface area (TPSA) is 79.8 Å². The molecule has 1 atom stereocenters. The molecular formula is C10H20N2O4. The van der Waals surface area contributed by atoms with Crippen molar-refractivity contribution in [3.05, 3.63) is 0 Å².